The molecule has 0 bridgehead atoms. The Balaban J connectivity index is 1.49. The number of benzene rings is 2. The smallest absolute Gasteiger partial charge is 0.237 e. The van der Waals surface area contributed by atoms with Crippen LogP contribution in [-0.4, -0.2) is 35.5 Å². The molecule has 0 radical (unpaired) electrons. The fourth-order valence-corrected chi connectivity index (χ4v) is 3.09. The predicted molar refractivity (Wildman–Crippen MR) is 94.9 cm³/mol. The third-order valence-corrected chi connectivity index (χ3v) is 4.51. The molecule has 0 saturated carbocycles. The predicted octanol–water partition coefficient (Wildman–Crippen LogP) is 3.02. The van der Waals surface area contributed by atoms with Gasteiger partial charge in [0.1, 0.15) is 5.75 Å². The minimum Gasteiger partial charge on any atom is -0.508 e. The SMILES string of the molecule is Cc1cccc(-c2noc(CSc3nnnn3-c3ccc(O)cc3)n2)c1. The van der Waals surface area contributed by atoms with E-state index in [9.17, 15) is 5.11 Å². The molecule has 4 rings (SSSR count). The molecule has 2 aromatic heterocycles. The maximum atomic E-state index is 9.40. The van der Waals surface area contributed by atoms with Crippen LogP contribution in [0.5, 0.6) is 5.75 Å². The maximum absolute atomic E-state index is 9.40. The highest BCUT2D eigenvalue weighted by molar-refractivity contribution is 7.98. The van der Waals surface area contributed by atoms with Gasteiger partial charge in [-0.1, -0.05) is 40.7 Å². The second-order valence-electron chi connectivity index (χ2n) is 5.56. The molecule has 2 heterocycles. The van der Waals surface area contributed by atoms with E-state index in [1.54, 1.807) is 28.9 Å². The Kier molecular flexibility index (Phi) is 4.36. The van der Waals surface area contributed by atoms with Gasteiger partial charge in [0, 0.05) is 5.56 Å². The fourth-order valence-electron chi connectivity index (χ4n) is 2.37. The van der Waals surface area contributed by atoms with E-state index in [0.717, 1.165) is 16.8 Å². The van der Waals surface area contributed by atoms with Crippen LogP contribution in [-0.2, 0) is 5.75 Å². The molecule has 26 heavy (non-hydrogen) atoms. The molecule has 0 unspecified atom stereocenters. The van der Waals surface area contributed by atoms with E-state index >= 15 is 0 Å². The summed E-state index contributed by atoms with van der Waals surface area (Å²) in [5, 5.41) is 25.7. The molecule has 0 spiro atoms. The van der Waals surface area contributed by atoms with Crippen molar-refractivity contribution in [2.45, 2.75) is 17.8 Å². The number of thioether (sulfide) groups is 1. The average molecular weight is 366 g/mol. The zero-order chi connectivity index (χ0) is 17.9. The van der Waals surface area contributed by atoms with E-state index in [1.807, 2.05) is 31.2 Å². The number of phenols is 1. The fraction of sp³-hybridized carbons (Fsp3) is 0.118. The summed E-state index contributed by atoms with van der Waals surface area (Å²) in [5.74, 6) is 1.68. The van der Waals surface area contributed by atoms with Crippen molar-refractivity contribution in [1.82, 2.24) is 30.3 Å². The number of hydrogen-bond donors (Lipinski definition) is 1. The van der Waals surface area contributed by atoms with Crippen LogP contribution < -0.4 is 0 Å². The molecule has 0 amide bonds. The van der Waals surface area contributed by atoms with Crippen LogP contribution >= 0.6 is 11.8 Å². The lowest BCUT2D eigenvalue weighted by Gasteiger charge is -2.02. The van der Waals surface area contributed by atoms with Crippen LogP contribution in [0.2, 0.25) is 0 Å². The molecular formula is C17H14N6O2S. The normalized spacial score (nSPS) is 11.0. The van der Waals surface area contributed by atoms with Crippen LogP contribution in [0.4, 0.5) is 0 Å². The van der Waals surface area contributed by atoms with Gasteiger partial charge in [-0.15, -0.1) is 5.10 Å². The summed E-state index contributed by atoms with van der Waals surface area (Å²) >= 11 is 1.39. The Morgan fingerprint density at radius 1 is 1.15 bits per heavy atom. The van der Waals surface area contributed by atoms with Crippen molar-refractivity contribution < 1.29 is 9.63 Å². The lowest BCUT2D eigenvalue weighted by atomic mass is 10.1. The van der Waals surface area contributed by atoms with E-state index in [1.165, 1.54) is 11.8 Å². The molecule has 0 fully saturated rings. The largest absolute Gasteiger partial charge is 0.508 e. The third-order valence-electron chi connectivity index (χ3n) is 3.60. The molecule has 130 valence electrons. The molecule has 0 saturated heterocycles. The first-order chi connectivity index (χ1) is 12.7. The molecule has 0 aliphatic carbocycles. The van der Waals surface area contributed by atoms with Crippen molar-refractivity contribution in [1.29, 1.82) is 0 Å². The Labute approximate surface area is 152 Å². The third kappa shape index (κ3) is 3.42. The lowest BCUT2D eigenvalue weighted by molar-refractivity contribution is 0.391. The average Bonchev–Trinajstić information content (AvgIpc) is 3.30. The van der Waals surface area contributed by atoms with Gasteiger partial charge in [0.2, 0.25) is 16.9 Å². The van der Waals surface area contributed by atoms with Gasteiger partial charge in [-0.05, 0) is 47.7 Å². The molecule has 0 atom stereocenters. The van der Waals surface area contributed by atoms with Gasteiger partial charge in [-0.3, -0.25) is 0 Å². The van der Waals surface area contributed by atoms with Crippen LogP contribution in [0.25, 0.3) is 17.1 Å². The summed E-state index contributed by atoms with van der Waals surface area (Å²) in [7, 11) is 0. The topological polar surface area (TPSA) is 103 Å². The second-order valence-corrected chi connectivity index (χ2v) is 6.50. The van der Waals surface area contributed by atoms with E-state index in [4.69, 9.17) is 4.52 Å². The maximum Gasteiger partial charge on any atom is 0.237 e. The number of nitrogens with zero attached hydrogens (tertiary/aromatic N) is 6. The van der Waals surface area contributed by atoms with Crippen molar-refractivity contribution in [2.75, 3.05) is 0 Å². The van der Waals surface area contributed by atoms with Crippen molar-refractivity contribution in [3.63, 3.8) is 0 Å². The van der Waals surface area contributed by atoms with E-state index < -0.39 is 0 Å². The highest BCUT2D eigenvalue weighted by Gasteiger charge is 2.13. The first-order valence-electron chi connectivity index (χ1n) is 7.79. The highest BCUT2D eigenvalue weighted by Crippen LogP contribution is 2.24. The Morgan fingerprint density at radius 3 is 2.81 bits per heavy atom. The van der Waals surface area contributed by atoms with Gasteiger partial charge in [0.15, 0.2) is 0 Å². The van der Waals surface area contributed by atoms with Crippen molar-refractivity contribution >= 4 is 11.8 Å². The van der Waals surface area contributed by atoms with Crippen molar-refractivity contribution in [3.05, 3.63) is 60.0 Å². The van der Waals surface area contributed by atoms with E-state index in [0.29, 0.717) is 22.6 Å². The van der Waals surface area contributed by atoms with Crippen molar-refractivity contribution in [2.24, 2.45) is 0 Å². The lowest BCUT2D eigenvalue weighted by Crippen LogP contribution is -1.98. The molecule has 0 aliphatic rings. The number of aromatic hydroxyl groups is 1. The summed E-state index contributed by atoms with van der Waals surface area (Å²) in [5.41, 5.74) is 2.80. The van der Waals surface area contributed by atoms with Crippen LogP contribution in [0, 0.1) is 6.92 Å². The van der Waals surface area contributed by atoms with Gasteiger partial charge in [0.25, 0.3) is 0 Å². The Morgan fingerprint density at radius 2 is 2.00 bits per heavy atom. The van der Waals surface area contributed by atoms with E-state index in [2.05, 4.69) is 25.7 Å². The zero-order valence-corrected chi connectivity index (χ0v) is 14.6. The Bertz CT molecular complexity index is 1030. The number of phenolic OH excluding ortho intramolecular Hbond substituents is 1. The Hall–Kier alpha value is -3.20. The van der Waals surface area contributed by atoms with Gasteiger partial charge < -0.3 is 9.63 Å². The molecule has 8 nitrogen and oxygen atoms in total. The molecule has 2 aromatic carbocycles. The molecule has 1 N–H and O–H groups in total. The summed E-state index contributed by atoms with van der Waals surface area (Å²) in [6, 6.07) is 14.6. The number of hydrogen-bond acceptors (Lipinski definition) is 8. The summed E-state index contributed by atoms with van der Waals surface area (Å²) in [6.45, 7) is 2.02. The summed E-state index contributed by atoms with van der Waals surface area (Å²) < 4.78 is 6.91. The standard InChI is InChI=1S/C17H14N6O2S/c1-11-3-2-4-12(9-11)16-18-15(25-20-16)10-26-17-19-21-22-23(17)13-5-7-14(24)8-6-13/h2-9,24H,10H2,1H3. The first-order valence-corrected chi connectivity index (χ1v) is 8.78. The van der Waals surface area contributed by atoms with Crippen LogP contribution in [0.1, 0.15) is 11.5 Å². The van der Waals surface area contributed by atoms with E-state index in [-0.39, 0.29) is 5.75 Å². The number of aromatic nitrogens is 6. The first kappa shape index (κ1) is 16.3. The molecule has 9 heteroatoms. The summed E-state index contributed by atoms with van der Waals surface area (Å²) in [4.78, 5) is 4.43. The van der Waals surface area contributed by atoms with Crippen LogP contribution in [0.3, 0.4) is 0 Å². The molecule has 0 aliphatic heterocycles. The highest BCUT2D eigenvalue weighted by atomic mass is 32.2. The van der Waals surface area contributed by atoms with Gasteiger partial charge in [-0.2, -0.15) is 9.67 Å². The molecule has 4 aromatic rings. The quantitative estimate of drug-likeness (QED) is 0.538. The second kappa shape index (κ2) is 6.96. The summed E-state index contributed by atoms with van der Waals surface area (Å²) in [6.07, 6.45) is 0. The number of aryl methyl sites for hydroxylation is 1. The molecular weight excluding hydrogens is 352 g/mol. The minimum absolute atomic E-state index is 0.186. The van der Waals surface area contributed by atoms with Gasteiger partial charge >= 0.3 is 0 Å². The van der Waals surface area contributed by atoms with Gasteiger partial charge in [-0.25, -0.2) is 0 Å². The van der Waals surface area contributed by atoms with Gasteiger partial charge in [0.05, 0.1) is 11.4 Å². The monoisotopic (exact) mass is 366 g/mol. The minimum atomic E-state index is 0.186. The number of tetrazole rings is 1. The van der Waals surface area contributed by atoms with Crippen molar-refractivity contribution in [3.8, 4) is 22.8 Å². The number of rotatable bonds is 5. The van der Waals surface area contributed by atoms with Crippen LogP contribution in [0.15, 0.2) is 58.2 Å². The zero-order valence-electron chi connectivity index (χ0n) is 13.8.